The maximum atomic E-state index is 12.1. The first kappa shape index (κ1) is 15.8. The lowest BCUT2D eigenvalue weighted by Crippen LogP contribution is -2.24. The highest BCUT2D eigenvalue weighted by Gasteiger charge is 2.12. The summed E-state index contributed by atoms with van der Waals surface area (Å²) in [6, 6.07) is 10.9. The first-order chi connectivity index (χ1) is 10.1. The molecule has 6 heteroatoms. The largest absolute Gasteiger partial charge is 0.380 e. The number of ether oxygens (including phenoxy) is 1. The predicted molar refractivity (Wildman–Crippen MR) is 82.6 cm³/mol. The van der Waals surface area contributed by atoms with Crippen LogP contribution in [0.4, 0.5) is 0 Å². The lowest BCUT2D eigenvalue weighted by atomic mass is 10.1. The molecular weight excluding hydrogens is 311 g/mol. The number of hydrogen-bond donors (Lipinski definition) is 1. The number of nitrogens with one attached hydrogen (secondary N) is 1. The van der Waals surface area contributed by atoms with Crippen molar-refractivity contribution >= 4 is 29.1 Å². The fourth-order valence-corrected chi connectivity index (χ4v) is 2.18. The highest BCUT2D eigenvalue weighted by atomic mass is 35.5. The lowest BCUT2D eigenvalue weighted by molar-refractivity contribution is 0.0946. The van der Waals surface area contributed by atoms with Gasteiger partial charge in [0.1, 0.15) is 10.8 Å². The van der Waals surface area contributed by atoms with Crippen molar-refractivity contribution in [1.29, 1.82) is 0 Å². The smallest absolute Gasteiger partial charge is 0.271 e. The summed E-state index contributed by atoms with van der Waals surface area (Å²) in [7, 11) is 1.64. The number of carbonyl (C=O) groups excluding carboxylic acids is 1. The number of nitrogens with zero attached hydrogens (tertiary/aromatic N) is 1. The minimum Gasteiger partial charge on any atom is -0.380 e. The van der Waals surface area contributed by atoms with E-state index in [1.54, 1.807) is 13.2 Å². The van der Waals surface area contributed by atoms with E-state index in [0.717, 1.165) is 11.1 Å². The molecule has 0 aliphatic carbocycles. The Bertz CT molecular complexity index is 647. The van der Waals surface area contributed by atoms with E-state index in [4.69, 9.17) is 27.9 Å². The Morgan fingerprint density at radius 1 is 1.24 bits per heavy atom. The summed E-state index contributed by atoms with van der Waals surface area (Å²) >= 11 is 11.7. The molecule has 4 nitrogen and oxygen atoms in total. The average Bonchev–Trinajstić information content (AvgIpc) is 2.48. The Morgan fingerprint density at radius 2 is 2.00 bits per heavy atom. The Kier molecular flexibility index (Phi) is 5.56. The van der Waals surface area contributed by atoms with Gasteiger partial charge in [-0.2, -0.15) is 0 Å². The van der Waals surface area contributed by atoms with Crippen LogP contribution in [0.3, 0.4) is 0 Å². The normalized spacial score (nSPS) is 10.4. The van der Waals surface area contributed by atoms with Crippen LogP contribution in [0.25, 0.3) is 0 Å². The third-order valence-corrected chi connectivity index (χ3v) is 3.30. The van der Waals surface area contributed by atoms with Gasteiger partial charge in [0.05, 0.1) is 11.6 Å². The zero-order valence-corrected chi connectivity index (χ0v) is 12.9. The quantitative estimate of drug-likeness (QED) is 0.857. The van der Waals surface area contributed by atoms with Gasteiger partial charge in [0, 0.05) is 13.7 Å². The van der Waals surface area contributed by atoms with Gasteiger partial charge < -0.3 is 10.1 Å². The number of benzene rings is 1. The van der Waals surface area contributed by atoms with Crippen LogP contribution in [-0.2, 0) is 17.9 Å². The maximum absolute atomic E-state index is 12.1. The van der Waals surface area contributed by atoms with E-state index in [1.807, 2.05) is 24.3 Å². The van der Waals surface area contributed by atoms with Crippen molar-refractivity contribution in [3.05, 3.63) is 63.4 Å². The summed E-state index contributed by atoms with van der Waals surface area (Å²) in [5.41, 5.74) is 2.14. The molecule has 0 aliphatic heterocycles. The minimum absolute atomic E-state index is 0.122. The number of aromatic nitrogens is 1. The molecule has 0 fully saturated rings. The van der Waals surface area contributed by atoms with Gasteiger partial charge in [-0.3, -0.25) is 4.79 Å². The average molecular weight is 325 g/mol. The number of amides is 1. The molecule has 0 saturated heterocycles. The van der Waals surface area contributed by atoms with Crippen molar-refractivity contribution < 1.29 is 9.53 Å². The summed E-state index contributed by atoms with van der Waals surface area (Å²) < 4.78 is 5.08. The van der Waals surface area contributed by atoms with E-state index in [2.05, 4.69) is 10.3 Å². The first-order valence-electron chi connectivity index (χ1n) is 6.27. The van der Waals surface area contributed by atoms with Crippen molar-refractivity contribution in [3.8, 4) is 0 Å². The zero-order valence-electron chi connectivity index (χ0n) is 11.4. The van der Waals surface area contributed by atoms with E-state index in [-0.39, 0.29) is 21.8 Å². The summed E-state index contributed by atoms with van der Waals surface area (Å²) in [5, 5.41) is 3.26. The molecule has 1 amide bonds. The van der Waals surface area contributed by atoms with Crippen LogP contribution in [0, 0.1) is 0 Å². The summed E-state index contributed by atoms with van der Waals surface area (Å²) in [6.45, 7) is 0.907. The maximum Gasteiger partial charge on any atom is 0.271 e. The number of hydrogen-bond acceptors (Lipinski definition) is 3. The number of halogens is 2. The van der Waals surface area contributed by atoms with Crippen LogP contribution in [0.2, 0.25) is 10.2 Å². The zero-order chi connectivity index (χ0) is 15.2. The van der Waals surface area contributed by atoms with E-state index in [9.17, 15) is 4.79 Å². The SMILES string of the molecule is COCc1cccc(CNC(=O)c2nc(Cl)ccc2Cl)c1. The molecule has 1 heterocycles. The van der Waals surface area contributed by atoms with E-state index in [1.165, 1.54) is 6.07 Å². The molecule has 0 aliphatic rings. The molecule has 0 atom stereocenters. The molecule has 0 bridgehead atoms. The predicted octanol–water partition coefficient (Wildman–Crippen LogP) is 3.46. The molecule has 1 N–H and O–H groups in total. The second kappa shape index (κ2) is 7.41. The molecule has 1 aromatic carbocycles. The van der Waals surface area contributed by atoms with Gasteiger partial charge in [-0.1, -0.05) is 47.5 Å². The first-order valence-corrected chi connectivity index (χ1v) is 7.02. The third-order valence-electron chi connectivity index (χ3n) is 2.78. The molecule has 0 spiro atoms. The summed E-state index contributed by atoms with van der Waals surface area (Å²) in [4.78, 5) is 16.0. The van der Waals surface area contributed by atoms with Gasteiger partial charge in [-0.15, -0.1) is 0 Å². The van der Waals surface area contributed by atoms with E-state index in [0.29, 0.717) is 13.2 Å². The standard InChI is InChI=1S/C15H14Cl2N2O2/c1-21-9-11-4-2-3-10(7-11)8-18-15(20)14-12(16)5-6-13(17)19-14/h2-7H,8-9H2,1H3,(H,18,20). The van der Waals surface area contributed by atoms with Crippen LogP contribution in [0.1, 0.15) is 21.6 Å². The molecule has 0 saturated carbocycles. The van der Waals surface area contributed by atoms with Crippen LogP contribution in [0.15, 0.2) is 36.4 Å². The molecule has 0 unspecified atom stereocenters. The fraction of sp³-hybridized carbons (Fsp3) is 0.200. The fourth-order valence-electron chi connectivity index (χ4n) is 1.84. The van der Waals surface area contributed by atoms with Crippen LogP contribution in [0.5, 0.6) is 0 Å². The van der Waals surface area contributed by atoms with Gasteiger partial charge in [0.15, 0.2) is 0 Å². The van der Waals surface area contributed by atoms with Crippen LogP contribution >= 0.6 is 23.2 Å². The highest BCUT2D eigenvalue weighted by Crippen LogP contribution is 2.16. The van der Waals surface area contributed by atoms with Crippen molar-refractivity contribution in [2.24, 2.45) is 0 Å². The number of methoxy groups -OCH3 is 1. The summed E-state index contributed by atoms with van der Waals surface area (Å²) in [6.07, 6.45) is 0. The molecule has 2 rings (SSSR count). The van der Waals surface area contributed by atoms with Crippen LogP contribution in [-0.4, -0.2) is 18.0 Å². The molecule has 21 heavy (non-hydrogen) atoms. The minimum atomic E-state index is -0.361. The molecule has 0 radical (unpaired) electrons. The molecule has 110 valence electrons. The number of carbonyl (C=O) groups is 1. The van der Waals surface area contributed by atoms with Gasteiger partial charge in [0.25, 0.3) is 5.91 Å². The third kappa shape index (κ3) is 4.43. The molecule has 1 aromatic heterocycles. The summed E-state index contributed by atoms with van der Waals surface area (Å²) in [5.74, 6) is -0.361. The number of rotatable bonds is 5. The van der Waals surface area contributed by atoms with Gasteiger partial charge in [-0.05, 0) is 23.3 Å². The van der Waals surface area contributed by atoms with Crippen molar-refractivity contribution in [3.63, 3.8) is 0 Å². The molecule has 2 aromatic rings. The van der Waals surface area contributed by atoms with Crippen molar-refractivity contribution in [1.82, 2.24) is 10.3 Å². The highest BCUT2D eigenvalue weighted by molar-refractivity contribution is 6.34. The van der Waals surface area contributed by atoms with Crippen LogP contribution < -0.4 is 5.32 Å². The topological polar surface area (TPSA) is 51.2 Å². The van der Waals surface area contributed by atoms with Crippen molar-refractivity contribution in [2.75, 3.05) is 7.11 Å². The molecular formula is C15H14Cl2N2O2. The Balaban J connectivity index is 2.04. The van der Waals surface area contributed by atoms with E-state index >= 15 is 0 Å². The Morgan fingerprint density at radius 3 is 2.76 bits per heavy atom. The van der Waals surface area contributed by atoms with Crippen molar-refractivity contribution in [2.45, 2.75) is 13.2 Å². The lowest BCUT2D eigenvalue weighted by Gasteiger charge is -2.08. The van der Waals surface area contributed by atoms with Gasteiger partial charge in [0.2, 0.25) is 0 Å². The van der Waals surface area contributed by atoms with Gasteiger partial charge in [-0.25, -0.2) is 4.98 Å². The van der Waals surface area contributed by atoms with Gasteiger partial charge >= 0.3 is 0 Å². The number of pyridine rings is 1. The second-order valence-corrected chi connectivity index (χ2v) is 5.19. The monoisotopic (exact) mass is 324 g/mol. The Labute approximate surface area is 133 Å². The van der Waals surface area contributed by atoms with E-state index < -0.39 is 0 Å². The second-order valence-electron chi connectivity index (χ2n) is 4.40. The Hall–Kier alpha value is -1.62.